The van der Waals surface area contributed by atoms with Gasteiger partial charge in [0, 0.05) is 12.7 Å². The molecule has 0 saturated heterocycles. The minimum absolute atomic E-state index is 0.463. The van der Waals surface area contributed by atoms with Crippen LogP contribution in [0.15, 0.2) is 11.1 Å². The lowest BCUT2D eigenvalue weighted by Gasteiger charge is -2.12. The van der Waals surface area contributed by atoms with Crippen LogP contribution in [0.4, 0.5) is 30.7 Å². The van der Waals surface area contributed by atoms with Gasteiger partial charge in [-0.15, -0.1) is 0 Å². The molecule has 1 nitrogen and oxygen atoms in total. The molecule has 0 spiro atoms. The van der Waals surface area contributed by atoms with Crippen LogP contribution in [-0.2, 0) is 17.8 Å². The average Bonchev–Trinajstić information content (AvgIpc) is 3.04. The Morgan fingerprint density at radius 1 is 1.04 bits per heavy atom. The van der Waals surface area contributed by atoms with Gasteiger partial charge in [-0.25, -0.2) is 17.6 Å². The Morgan fingerprint density at radius 2 is 1.50 bits per heavy atom. The van der Waals surface area contributed by atoms with Crippen LogP contribution in [0.5, 0.6) is 0 Å². The summed E-state index contributed by atoms with van der Waals surface area (Å²) < 4.78 is 98.5. The SMILES string of the molecule is COCc1c(F)c(F)c(CC2C(/C=C(\Cl)C(F)(F)F)C2(C)C)c(F)c1F. The molecule has 1 aliphatic rings. The quantitative estimate of drug-likeness (QED) is 0.439. The number of alkyl halides is 3. The number of rotatable bonds is 5. The van der Waals surface area contributed by atoms with E-state index in [1.807, 2.05) is 0 Å². The van der Waals surface area contributed by atoms with Gasteiger partial charge in [0.1, 0.15) is 5.03 Å². The molecule has 0 amide bonds. The van der Waals surface area contributed by atoms with Crippen molar-refractivity contribution in [2.45, 2.75) is 33.1 Å². The predicted octanol–water partition coefficient (Wildman–Crippen LogP) is 5.89. The van der Waals surface area contributed by atoms with Crippen LogP contribution in [0.2, 0.25) is 0 Å². The maximum Gasteiger partial charge on any atom is 0.426 e. The summed E-state index contributed by atoms with van der Waals surface area (Å²) in [4.78, 5) is 0. The fourth-order valence-electron chi connectivity index (χ4n) is 3.15. The minimum atomic E-state index is -4.73. The van der Waals surface area contributed by atoms with E-state index in [1.165, 1.54) is 0 Å². The first-order chi connectivity index (χ1) is 11.8. The molecule has 0 bridgehead atoms. The molecule has 0 aromatic heterocycles. The molecule has 0 radical (unpaired) electrons. The van der Waals surface area contributed by atoms with Gasteiger partial charge in [0.15, 0.2) is 23.3 Å². The second-order valence-corrected chi connectivity index (χ2v) is 7.22. The highest BCUT2D eigenvalue weighted by atomic mass is 35.5. The van der Waals surface area contributed by atoms with Gasteiger partial charge < -0.3 is 4.74 Å². The zero-order chi connectivity index (χ0) is 20.0. The van der Waals surface area contributed by atoms with Gasteiger partial charge >= 0.3 is 6.18 Å². The van der Waals surface area contributed by atoms with E-state index in [-0.39, 0.29) is 0 Å². The Morgan fingerprint density at radius 3 is 1.92 bits per heavy atom. The van der Waals surface area contributed by atoms with Crippen molar-refractivity contribution in [3.63, 3.8) is 0 Å². The van der Waals surface area contributed by atoms with Crippen LogP contribution in [0.1, 0.15) is 25.0 Å². The molecule has 0 heterocycles. The maximum absolute atomic E-state index is 14.2. The number of halogens is 8. The third-order valence-electron chi connectivity index (χ3n) is 4.89. The van der Waals surface area contributed by atoms with Crippen LogP contribution in [0, 0.1) is 40.5 Å². The molecule has 2 unspecified atom stereocenters. The van der Waals surface area contributed by atoms with Crippen LogP contribution in [0.25, 0.3) is 0 Å². The Kier molecular flexibility index (Phi) is 5.69. The summed E-state index contributed by atoms with van der Waals surface area (Å²) in [5.74, 6) is -7.67. The fourth-order valence-corrected chi connectivity index (χ4v) is 3.29. The highest BCUT2D eigenvalue weighted by Crippen LogP contribution is 2.61. The van der Waals surface area contributed by atoms with E-state index >= 15 is 0 Å². The topological polar surface area (TPSA) is 9.23 Å². The molecule has 1 aliphatic carbocycles. The smallest absolute Gasteiger partial charge is 0.380 e. The summed E-state index contributed by atoms with van der Waals surface area (Å²) in [6.45, 7) is 2.51. The summed E-state index contributed by atoms with van der Waals surface area (Å²) >= 11 is 5.21. The first-order valence-corrected chi connectivity index (χ1v) is 7.98. The molecule has 146 valence electrons. The summed E-state index contributed by atoms with van der Waals surface area (Å²) in [5, 5.41) is -1.34. The van der Waals surface area contributed by atoms with Gasteiger partial charge in [-0.05, 0) is 23.7 Å². The van der Waals surface area contributed by atoms with E-state index in [9.17, 15) is 30.7 Å². The average molecular weight is 405 g/mol. The monoisotopic (exact) mass is 404 g/mol. The first-order valence-electron chi connectivity index (χ1n) is 7.61. The van der Waals surface area contributed by atoms with Crippen LogP contribution >= 0.6 is 11.6 Å². The summed E-state index contributed by atoms with van der Waals surface area (Å²) in [5.41, 5.74) is -2.47. The first kappa shape index (κ1) is 21.0. The Hall–Kier alpha value is -1.28. The highest BCUT2D eigenvalue weighted by molar-refractivity contribution is 6.30. The van der Waals surface area contributed by atoms with Crippen LogP contribution in [-0.4, -0.2) is 13.3 Å². The summed E-state index contributed by atoms with van der Waals surface area (Å²) in [7, 11) is 1.11. The van der Waals surface area contributed by atoms with Gasteiger partial charge in [-0.1, -0.05) is 31.5 Å². The van der Waals surface area contributed by atoms with Gasteiger partial charge in [0.2, 0.25) is 0 Å². The predicted molar refractivity (Wildman–Crippen MR) is 81.4 cm³/mol. The third-order valence-corrected chi connectivity index (χ3v) is 5.23. The molecule has 1 fully saturated rings. The Labute approximate surface area is 150 Å². The molecule has 1 aromatic carbocycles. The number of methoxy groups -OCH3 is 1. The van der Waals surface area contributed by atoms with Crippen molar-refractivity contribution in [1.29, 1.82) is 0 Å². The van der Waals surface area contributed by atoms with Crippen molar-refractivity contribution in [2.75, 3.05) is 7.11 Å². The third kappa shape index (κ3) is 3.71. The summed E-state index contributed by atoms with van der Waals surface area (Å²) in [6.07, 6.45) is -4.43. The van der Waals surface area contributed by atoms with Gasteiger partial charge in [0.25, 0.3) is 0 Å². The molecule has 26 heavy (non-hydrogen) atoms. The second kappa shape index (κ2) is 7.03. The van der Waals surface area contributed by atoms with Crippen molar-refractivity contribution < 1.29 is 35.5 Å². The standard InChI is InChI=1S/C17H16ClF7O/c1-16(2)9(10(16)5-11(18)17(23,24)25)4-7-12(19)14(21)8(6-26-3)15(22)13(7)20/h5,9-10H,4,6H2,1-3H3/b11-5-. The van der Waals surface area contributed by atoms with E-state index in [1.54, 1.807) is 13.8 Å². The van der Waals surface area contributed by atoms with Gasteiger partial charge in [-0.2, -0.15) is 13.2 Å². The van der Waals surface area contributed by atoms with Crippen LogP contribution < -0.4 is 0 Å². The molecule has 2 rings (SSSR count). The zero-order valence-electron chi connectivity index (χ0n) is 14.1. The van der Waals surface area contributed by atoms with Crippen molar-refractivity contribution in [3.05, 3.63) is 45.5 Å². The van der Waals surface area contributed by atoms with Crippen molar-refractivity contribution in [1.82, 2.24) is 0 Å². The fraction of sp³-hybridized carbons (Fsp3) is 0.529. The van der Waals surface area contributed by atoms with E-state index in [4.69, 9.17) is 11.6 Å². The lowest BCUT2D eigenvalue weighted by Crippen LogP contribution is -2.11. The van der Waals surface area contributed by atoms with Crippen molar-refractivity contribution in [3.8, 4) is 0 Å². The van der Waals surface area contributed by atoms with Gasteiger partial charge in [-0.3, -0.25) is 0 Å². The Balaban J connectivity index is 2.35. The lowest BCUT2D eigenvalue weighted by atomic mass is 9.99. The van der Waals surface area contributed by atoms with Crippen molar-refractivity contribution in [2.24, 2.45) is 17.3 Å². The zero-order valence-corrected chi connectivity index (χ0v) is 14.8. The second-order valence-electron chi connectivity index (χ2n) is 6.82. The molecule has 0 N–H and O–H groups in total. The number of hydrogen-bond donors (Lipinski definition) is 0. The Bertz CT molecular complexity index is 711. The normalized spacial score (nSPS) is 22.7. The molecule has 2 atom stereocenters. The maximum atomic E-state index is 14.2. The number of ether oxygens (including phenoxy) is 1. The largest absolute Gasteiger partial charge is 0.426 e. The molecule has 1 aromatic rings. The minimum Gasteiger partial charge on any atom is -0.380 e. The highest BCUT2D eigenvalue weighted by Gasteiger charge is 2.57. The van der Waals surface area contributed by atoms with E-state index < -0.39 is 75.9 Å². The molecule has 1 saturated carbocycles. The van der Waals surface area contributed by atoms with E-state index in [0.29, 0.717) is 0 Å². The molecular weight excluding hydrogens is 389 g/mol. The molecule has 0 aliphatic heterocycles. The summed E-state index contributed by atoms with van der Waals surface area (Å²) in [6, 6.07) is 0. The molecule has 9 heteroatoms. The number of allylic oxidation sites excluding steroid dienone is 2. The molecular formula is C17H16ClF7O. The number of benzene rings is 1. The van der Waals surface area contributed by atoms with E-state index in [0.717, 1.165) is 13.2 Å². The lowest BCUT2D eigenvalue weighted by molar-refractivity contribution is -0.0848. The van der Waals surface area contributed by atoms with E-state index in [2.05, 4.69) is 4.74 Å². The van der Waals surface area contributed by atoms with Crippen LogP contribution in [0.3, 0.4) is 0 Å². The number of hydrogen-bond acceptors (Lipinski definition) is 1. The van der Waals surface area contributed by atoms with Crippen molar-refractivity contribution >= 4 is 11.6 Å². The van der Waals surface area contributed by atoms with Gasteiger partial charge in [0.05, 0.1) is 12.2 Å².